The van der Waals surface area contributed by atoms with Crippen LogP contribution < -0.4 is 15.4 Å². The number of rotatable bonds is 5. The Morgan fingerprint density at radius 3 is 2.85 bits per heavy atom. The van der Waals surface area contributed by atoms with Gasteiger partial charge in [-0.25, -0.2) is 4.39 Å². The summed E-state index contributed by atoms with van der Waals surface area (Å²) < 4.78 is 20.1. The fourth-order valence-electron chi connectivity index (χ4n) is 2.37. The molecule has 0 aliphatic heterocycles. The smallest absolute Gasteiger partial charge is 0.175 e. The van der Waals surface area contributed by atoms with Gasteiger partial charge >= 0.3 is 0 Å². The SMILES string of the molecule is COc1ccccc1NC(=S)Nc1cnn(Cc2ccc(F)cc2Cl)c1. The zero-order valence-electron chi connectivity index (χ0n) is 13.9. The molecular weight excluding hydrogens is 375 g/mol. The Labute approximate surface area is 160 Å². The number of hydrogen-bond acceptors (Lipinski definition) is 3. The van der Waals surface area contributed by atoms with Crippen LogP contribution in [-0.4, -0.2) is 22.0 Å². The lowest BCUT2D eigenvalue weighted by atomic mass is 10.2. The summed E-state index contributed by atoms with van der Waals surface area (Å²) in [6.07, 6.45) is 3.43. The van der Waals surface area contributed by atoms with Crippen molar-refractivity contribution in [2.45, 2.75) is 6.54 Å². The maximum atomic E-state index is 13.1. The van der Waals surface area contributed by atoms with Crippen LogP contribution in [0.15, 0.2) is 54.9 Å². The van der Waals surface area contributed by atoms with Gasteiger partial charge < -0.3 is 15.4 Å². The first-order valence-electron chi connectivity index (χ1n) is 7.72. The van der Waals surface area contributed by atoms with Gasteiger partial charge in [-0.15, -0.1) is 0 Å². The summed E-state index contributed by atoms with van der Waals surface area (Å²) in [5.74, 6) is 0.327. The van der Waals surface area contributed by atoms with Crippen LogP contribution in [0.3, 0.4) is 0 Å². The zero-order chi connectivity index (χ0) is 18.5. The lowest BCUT2D eigenvalue weighted by Gasteiger charge is -2.12. The molecule has 26 heavy (non-hydrogen) atoms. The molecule has 1 heterocycles. The molecule has 2 aromatic carbocycles. The average Bonchev–Trinajstić information content (AvgIpc) is 3.04. The van der Waals surface area contributed by atoms with E-state index in [4.69, 9.17) is 28.6 Å². The molecule has 0 aliphatic rings. The second-order valence-corrected chi connectivity index (χ2v) is 6.26. The average molecular weight is 391 g/mol. The van der Waals surface area contributed by atoms with Crippen LogP contribution in [0.4, 0.5) is 15.8 Å². The molecule has 0 unspecified atom stereocenters. The van der Waals surface area contributed by atoms with E-state index in [-0.39, 0.29) is 5.82 Å². The second kappa shape index (κ2) is 8.16. The molecule has 0 bridgehead atoms. The number of thiocarbonyl (C=S) groups is 1. The van der Waals surface area contributed by atoms with Crippen LogP contribution in [-0.2, 0) is 6.54 Å². The highest BCUT2D eigenvalue weighted by molar-refractivity contribution is 7.80. The third-order valence-electron chi connectivity index (χ3n) is 3.59. The molecule has 0 saturated carbocycles. The van der Waals surface area contributed by atoms with Crippen LogP contribution in [0.2, 0.25) is 5.02 Å². The number of ether oxygens (including phenoxy) is 1. The lowest BCUT2D eigenvalue weighted by molar-refractivity contribution is 0.417. The summed E-state index contributed by atoms with van der Waals surface area (Å²) in [6, 6.07) is 11.8. The number of para-hydroxylation sites is 2. The highest BCUT2D eigenvalue weighted by atomic mass is 35.5. The predicted octanol–water partition coefficient (Wildman–Crippen LogP) is 4.54. The molecule has 3 rings (SSSR count). The van der Waals surface area contributed by atoms with Gasteiger partial charge in [-0.3, -0.25) is 4.68 Å². The van der Waals surface area contributed by atoms with Gasteiger partial charge in [0.15, 0.2) is 5.11 Å². The van der Waals surface area contributed by atoms with E-state index in [0.717, 1.165) is 16.9 Å². The first-order chi connectivity index (χ1) is 12.5. The molecule has 0 saturated heterocycles. The van der Waals surface area contributed by atoms with Crippen LogP contribution in [0, 0.1) is 5.82 Å². The third kappa shape index (κ3) is 4.50. The van der Waals surface area contributed by atoms with Crippen molar-refractivity contribution >= 4 is 40.3 Å². The Bertz CT molecular complexity index is 931. The van der Waals surface area contributed by atoms with Gasteiger partial charge in [-0.05, 0) is 42.0 Å². The molecule has 5 nitrogen and oxygen atoms in total. The quantitative estimate of drug-likeness (QED) is 0.626. The van der Waals surface area contributed by atoms with E-state index in [1.54, 1.807) is 30.3 Å². The number of halogens is 2. The third-order valence-corrected chi connectivity index (χ3v) is 4.15. The molecular formula is C18H16ClFN4OS. The predicted molar refractivity (Wildman–Crippen MR) is 106 cm³/mol. The van der Waals surface area contributed by atoms with Crippen molar-refractivity contribution in [3.8, 4) is 5.75 Å². The van der Waals surface area contributed by atoms with Crippen LogP contribution >= 0.6 is 23.8 Å². The molecule has 0 fully saturated rings. The molecule has 0 radical (unpaired) electrons. The monoisotopic (exact) mass is 390 g/mol. The highest BCUT2D eigenvalue weighted by Gasteiger charge is 2.07. The van der Waals surface area contributed by atoms with E-state index in [0.29, 0.717) is 22.4 Å². The zero-order valence-corrected chi connectivity index (χ0v) is 15.4. The van der Waals surface area contributed by atoms with Crippen molar-refractivity contribution in [2.24, 2.45) is 0 Å². The fraction of sp³-hybridized carbons (Fsp3) is 0.111. The minimum absolute atomic E-state index is 0.364. The second-order valence-electron chi connectivity index (χ2n) is 5.44. The van der Waals surface area contributed by atoms with E-state index in [9.17, 15) is 4.39 Å². The summed E-state index contributed by atoms with van der Waals surface area (Å²) >= 11 is 11.4. The molecule has 8 heteroatoms. The Morgan fingerprint density at radius 1 is 1.27 bits per heavy atom. The molecule has 0 amide bonds. The van der Waals surface area contributed by atoms with Crippen molar-refractivity contribution in [2.75, 3.05) is 17.7 Å². The maximum Gasteiger partial charge on any atom is 0.175 e. The fourth-order valence-corrected chi connectivity index (χ4v) is 2.83. The molecule has 1 aromatic heterocycles. The van der Waals surface area contributed by atoms with Crippen LogP contribution in [0.25, 0.3) is 0 Å². The van der Waals surface area contributed by atoms with Gasteiger partial charge in [-0.2, -0.15) is 5.10 Å². The summed E-state index contributed by atoms with van der Waals surface area (Å²) in [4.78, 5) is 0. The highest BCUT2D eigenvalue weighted by Crippen LogP contribution is 2.23. The van der Waals surface area contributed by atoms with E-state index < -0.39 is 0 Å². The van der Waals surface area contributed by atoms with Crippen molar-refractivity contribution in [1.29, 1.82) is 0 Å². The number of nitrogens with one attached hydrogen (secondary N) is 2. The molecule has 3 aromatic rings. The van der Waals surface area contributed by atoms with Gasteiger partial charge in [0.2, 0.25) is 0 Å². The molecule has 0 aliphatic carbocycles. The standard InChI is InChI=1S/C18H16ClFN4OS/c1-25-17-5-3-2-4-16(17)23-18(26)22-14-9-21-24(11-14)10-12-6-7-13(20)8-15(12)19/h2-9,11H,10H2,1H3,(H2,22,23,26). The Morgan fingerprint density at radius 2 is 2.08 bits per heavy atom. The number of anilines is 2. The molecule has 0 atom stereocenters. The van der Waals surface area contributed by atoms with Gasteiger partial charge in [-0.1, -0.05) is 29.8 Å². The largest absolute Gasteiger partial charge is 0.495 e. The Kier molecular flexibility index (Phi) is 5.70. The summed E-state index contributed by atoms with van der Waals surface area (Å²) in [5.41, 5.74) is 2.26. The Hall–Kier alpha value is -2.64. The summed E-state index contributed by atoms with van der Waals surface area (Å²) in [5, 5.41) is 11.2. The number of methoxy groups -OCH3 is 1. The van der Waals surface area contributed by atoms with E-state index in [1.165, 1.54) is 12.1 Å². The number of benzene rings is 2. The van der Waals surface area contributed by atoms with E-state index >= 15 is 0 Å². The van der Waals surface area contributed by atoms with E-state index in [2.05, 4.69) is 15.7 Å². The molecule has 2 N–H and O–H groups in total. The maximum absolute atomic E-state index is 13.1. The minimum Gasteiger partial charge on any atom is -0.495 e. The molecule has 0 spiro atoms. The van der Waals surface area contributed by atoms with Crippen molar-refractivity contribution in [3.05, 3.63) is 71.3 Å². The van der Waals surface area contributed by atoms with Crippen molar-refractivity contribution in [3.63, 3.8) is 0 Å². The topological polar surface area (TPSA) is 51.1 Å². The Balaban J connectivity index is 1.63. The van der Waals surface area contributed by atoms with Gasteiger partial charge in [0.05, 0.1) is 31.2 Å². The van der Waals surface area contributed by atoms with Gasteiger partial charge in [0, 0.05) is 11.2 Å². The number of hydrogen-bond donors (Lipinski definition) is 2. The summed E-state index contributed by atoms with van der Waals surface area (Å²) in [7, 11) is 1.60. The van der Waals surface area contributed by atoms with E-state index in [1.807, 2.05) is 24.3 Å². The minimum atomic E-state index is -0.366. The first kappa shape index (κ1) is 18.2. The van der Waals surface area contributed by atoms with Crippen LogP contribution in [0.5, 0.6) is 5.75 Å². The number of nitrogens with zero attached hydrogens (tertiary/aromatic N) is 2. The van der Waals surface area contributed by atoms with Crippen LogP contribution in [0.1, 0.15) is 5.56 Å². The van der Waals surface area contributed by atoms with Crippen molar-refractivity contribution < 1.29 is 9.13 Å². The van der Waals surface area contributed by atoms with Gasteiger partial charge in [0.1, 0.15) is 11.6 Å². The number of aromatic nitrogens is 2. The molecule has 134 valence electrons. The van der Waals surface area contributed by atoms with Crippen molar-refractivity contribution in [1.82, 2.24) is 9.78 Å². The van der Waals surface area contributed by atoms with Gasteiger partial charge in [0.25, 0.3) is 0 Å². The summed E-state index contributed by atoms with van der Waals surface area (Å²) in [6.45, 7) is 0.424. The normalized spacial score (nSPS) is 10.4. The first-order valence-corrected chi connectivity index (χ1v) is 8.51. The lowest BCUT2D eigenvalue weighted by Crippen LogP contribution is -2.19.